The average Bonchev–Trinajstić information content (AvgIpc) is 2.34. The van der Waals surface area contributed by atoms with Crippen LogP contribution in [0.25, 0.3) is 0 Å². The van der Waals surface area contributed by atoms with E-state index in [1.807, 2.05) is 12.1 Å². The molecule has 3 heteroatoms. The Kier molecular flexibility index (Phi) is 7.07. The van der Waals surface area contributed by atoms with Crippen molar-refractivity contribution >= 4 is 29.0 Å². The SMILES string of the molecule is C=CCCCCCC(=O)Cc1ccc(Cl)c(Cl)c1. The van der Waals surface area contributed by atoms with Gasteiger partial charge in [-0.3, -0.25) is 4.79 Å². The van der Waals surface area contributed by atoms with E-state index in [2.05, 4.69) is 6.58 Å². The lowest BCUT2D eigenvalue weighted by Gasteiger charge is -2.03. The number of ketones is 1. The Balaban J connectivity index is 2.31. The molecule has 0 saturated heterocycles. The van der Waals surface area contributed by atoms with E-state index in [-0.39, 0.29) is 5.78 Å². The van der Waals surface area contributed by atoms with Gasteiger partial charge in [0.05, 0.1) is 10.0 Å². The largest absolute Gasteiger partial charge is 0.299 e. The summed E-state index contributed by atoms with van der Waals surface area (Å²) in [4.78, 5) is 11.7. The summed E-state index contributed by atoms with van der Waals surface area (Å²) in [6.07, 6.45) is 7.17. The van der Waals surface area contributed by atoms with Gasteiger partial charge in [0.2, 0.25) is 0 Å². The predicted octanol–water partition coefficient (Wildman–Crippen LogP) is 5.24. The Hall–Kier alpha value is -0.790. The highest BCUT2D eigenvalue weighted by molar-refractivity contribution is 6.42. The number of allylic oxidation sites excluding steroid dienone is 1. The van der Waals surface area contributed by atoms with Crippen molar-refractivity contribution in [3.8, 4) is 0 Å². The molecule has 0 amide bonds. The van der Waals surface area contributed by atoms with Crippen LogP contribution in [0.1, 0.15) is 37.7 Å². The minimum Gasteiger partial charge on any atom is -0.299 e. The van der Waals surface area contributed by atoms with Gasteiger partial charge in [0.1, 0.15) is 5.78 Å². The number of carbonyl (C=O) groups is 1. The first-order chi connectivity index (χ1) is 8.63. The molecule has 18 heavy (non-hydrogen) atoms. The molecule has 1 aromatic rings. The summed E-state index contributed by atoms with van der Waals surface area (Å²) in [6, 6.07) is 5.35. The zero-order valence-corrected chi connectivity index (χ0v) is 11.9. The van der Waals surface area contributed by atoms with E-state index >= 15 is 0 Å². The highest BCUT2D eigenvalue weighted by atomic mass is 35.5. The molecule has 0 aliphatic carbocycles. The molecular formula is C15H18Cl2O. The van der Waals surface area contributed by atoms with Gasteiger partial charge in [-0.15, -0.1) is 6.58 Å². The molecule has 98 valence electrons. The second-order valence-electron chi connectivity index (χ2n) is 4.35. The Labute approximate surface area is 119 Å². The lowest BCUT2D eigenvalue weighted by molar-refractivity contribution is -0.118. The fourth-order valence-corrected chi connectivity index (χ4v) is 2.07. The minimum absolute atomic E-state index is 0.256. The molecule has 0 N–H and O–H groups in total. The Morgan fingerprint density at radius 2 is 1.94 bits per heavy atom. The molecule has 0 aliphatic heterocycles. The fourth-order valence-electron chi connectivity index (χ4n) is 1.75. The zero-order chi connectivity index (χ0) is 13.4. The van der Waals surface area contributed by atoms with Crippen LogP contribution in [-0.2, 0) is 11.2 Å². The summed E-state index contributed by atoms with van der Waals surface area (Å²) >= 11 is 11.7. The molecule has 1 aromatic carbocycles. The number of Topliss-reactive ketones (excluding diaryl/α,β-unsaturated/α-hetero) is 1. The van der Waals surface area contributed by atoms with Crippen LogP contribution in [0.3, 0.4) is 0 Å². The van der Waals surface area contributed by atoms with Gasteiger partial charge in [0.15, 0.2) is 0 Å². The van der Waals surface area contributed by atoms with E-state index < -0.39 is 0 Å². The van der Waals surface area contributed by atoms with Crippen molar-refractivity contribution in [2.75, 3.05) is 0 Å². The van der Waals surface area contributed by atoms with E-state index in [1.54, 1.807) is 12.1 Å². The lowest BCUT2D eigenvalue weighted by atomic mass is 10.0. The van der Waals surface area contributed by atoms with Crippen molar-refractivity contribution in [1.29, 1.82) is 0 Å². The van der Waals surface area contributed by atoms with Crippen LogP contribution < -0.4 is 0 Å². The smallest absolute Gasteiger partial charge is 0.137 e. The average molecular weight is 285 g/mol. The molecule has 0 aromatic heterocycles. The molecule has 0 atom stereocenters. The van der Waals surface area contributed by atoms with Crippen LogP contribution in [0.2, 0.25) is 10.0 Å². The Bertz CT molecular complexity index is 413. The summed E-state index contributed by atoms with van der Waals surface area (Å²) in [5, 5.41) is 1.03. The lowest BCUT2D eigenvalue weighted by Crippen LogP contribution is -2.02. The first-order valence-corrected chi connectivity index (χ1v) is 6.95. The van der Waals surface area contributed by atoms with E-state index in [9.17, 15) is 4.79 Å². The summed E-state index contributed by atoms with van der Waals surface area (Å²) in [5.41, 5.74) is 0.931. The van der Waals surface area contributed by atoms with E-state index in [0.717, 1.165) is 31.2 Å². The number of hydrogen-bond acceptors (Lipinski definition) is 1. The molecule has 1 nitrogen and oxygen atoms in total. The third-order valence-corrected chi connectivity index (χ3v) is 3.49. The van der Waals surface area contributed by atoms with Crippen molar-refractivity contribution in [2.24, 2.45) is 0 Å². The number of unbranched alkanes of at least 4 members (excludes halogenated alkanes) is 3. The quantitative estimate of drug-likeness (QED) is 0.471. The molecule has 0 aliphatic rings. The predicted molar refractivity (Wildman–Crippen MR) is 78.5 cm³/mol. The van der Waals surface area contributed by atoms with Crippen LogP contribution in [-0.4, -0.2) is 5.78 Å². The normalized spacial score (nSPS) is 10.3. The maximum atomic E-state index is 11.7. The maximum absolute atomic E-state index is 11.7. The molecule has 0 spiro atoms. The van der Waals surface area contributed by atoms with Gasteiger partial charge in [-0.2, -0.15) is 0 Å². The summed E-state index contributed by atoms with van der Waals surface area (Å²) in [5.74, 6) is 0.256. The van der Waals surface area contributed by atoms with Crippen molar-refractivity contribution < 1.29 is 4.79 Å². The number of benzene rings is 1. The van der Waals surface area contributed by atoms with Gasteiger partial charge < -0.3 is 0 Å². The van der Waals surface area contributed by atoms with Crippen molar-refractivity contribution in [2.45, 2.75) is 38.5 Å². The van der Waals surface area contributed by atoms with Gasteiger partial charge in [-0.25, -0.2) is 0 Å². The first-order valence-electron chi connectivity index (χ1n) is 6.20. The Morgan fingerprint density at radius 3 is 2.61 bits per heavy atom. The zero-order valence-electron chi connectivity index (χ0n) is 10.4. The van der Waals surface area contributed by atoms with Crippen molar-refractivity contribution in [1.82, 2.24) is 0 Å². The monoisotopic (exact) mass is 284 g/mol. The summed E-state index contributed by atoms with van der Waals surface area (Å²) in [6.45, 7) is 3.67. The molecule has 0 bridgehead atoms. The van der Waals surface area contributed by atoms with Crippen LogP contribution in [0.5, 0.6) is 0 Å². The van der Waals surface area contributed by atoms with Gasteiger partial charge in [0.25, 0.3) is 0 Å². The maximum Gasteiger partial charge on any atom is 0.137 e. The van der Waals surface area contributed by atoms with Crippen molar-refractivity contribution in [3.05, 3.63) is 46.5 Å². The van der Waals surface area contributed by atoms with Crippen molar-refractivity contribution in [3.63, 3.8) is 0 Å². The molecule has 0 fully saturated rings. The standard InChI is InChI=1S/C15H18Cl2O/c1-2-3-4-5-6-7-13(18)10-12-8-9-14(16)15(17)11-12/h2,8-9,11H,1,3-7,10H2. The number of hydrogen-bond donors (Lipinski definition) is 0. The third-order valence-electron chi connectivity index (χ3n) is 2.75. The summed E-state index contributed by atoms with van der Waals surface area (Å²) in [7, 11) is 0. The molecule has 0 unspecified atom stereocenters. The molecule has 0 saturated carbocycles. The van der Waals surface area contributed by atoms with Gasteiger partial charge >= 0.3 is 0 Å². The number of halogens is 2. The van der Waals surface area contributed by atoms with Gasteiger partial charge in [-0.1, -0.05) is 41.8 Å². The van der Waals surface area contributed by atoms with Crippen LogP contribution >= 0.6 is 23.2 Å². The van der Waals surface area contributed by atoms with Gasteiger partial charge in [-0.05, 0) is 37.0 Å². The number of carbonyl (C=O) groups excluding carboxylic acids is 1. The van der Waals surface area contributed by atoms with Gasteiger partial charge in [0, 0.05) is 12.8 Å². The molecular weight excluding hydrogens is 267 g/mol. The Morgan fingerprint density at radius 1 is 1.17 bits per heavy atom. The fraction of sp³-hybridized carbons (Fsp3) is 0.400. The topological polar surface area (TPSA) is 17.1 Å². The van der Waals surface area contributed by atoms with E-state index in [1.165, 1.54) is 0 Å². The molecule has 0 heterocycles. The van der Waals surface area contributed by atoms with E-state index in [0.29, 0.717) is 22.9 Å². The summed E-state index contributed by atoms with van der Waals surface area (Å²) < 4.78 is 0. The van der Waals surface area contributed by atoms with Crippen LogP contribution in [0.15, 0.2) is 30.9 Å². The first kappa shape index (κ1) is 15.3. The highest BCUT2D eigenvalue weighted by Crippen LogP contribution is 2.23. The molecule has 0 radical (unpaired) electrons. The highest BCUT2D eigenvalue weighted by Gasteiger charge is 2.05. The minimum atomic E-state index is 0.256. The van der Waals surface area contributed by atoms with Crippen LogP contribution in [0.4, 0.5) is 0 Å². The third kappa shape index (κ3) is 5.70. The number of rotatable bonds is 8. The van der Waals surface area contributed by atoms with Crippen LogP contribution in [0, 0.1) is 0 Å². The second-order valence-corrected chi connectivity index (χ2v) is 5.17. The molecule has 1 rings (SSSR count). The second kappa shape index (κ2) is 8.34. The van der Waals surface area contributed by atoms with E-state index in [4.69, 9.17) is 23.2 Å².